The Morgan fingerprint density at radius 3 is 2.38 bits per heavy atom. The Labute approximate surface area is 96.0 Å². The van der Waals surface area contributed by atoms with Crippen LogP contribution in [0.4, 0.5) is 5.69 Å². The summed E-state index contributed by atoms with van der Waals surface area (Å²) in [4.78, 5) is 12.9. The molecule has 88 valence electrons. The molecular formula is C12H18N2O2. The third-order valence-electron chi connectivity index (χ3n) is 2.14. The van der Waals surface area contributed by atoms with Gasteiger partial charge in [-0.3, -0.25) is 4.79 Å². The molecule has 0 aliphatic rings. The quantitative estimate of drug-likeness (QED) is 0.837. The van der Waals surface area contributed by atoms with Crippen LogP contribution in [-0.2, 0) is 4.79 Å². The molecule has 0 atom stereocenters. The number of nitrogens with two attached hydrogens (primary N) is 1. The Balaban J connectivity index is 2.74. The zero-order valence-corrected chi connectivity index (χ0v) is 9.93. The molecule has 0 fully saturated rings. The van der Waals surface area contributed by atoms with Crippen molar-refractivity contribution < 1.29 is 9.53 Å². The fraction of sp³-hybridized carbons (Fsp3) is 0.417. The van der Waals surface area contributed by atoms with Gasteiger partial charge in [-0.05, 0) is 38.1 Å². The predicted molar refractivity (Wildman–Crippen MR) is 64.7 cm³/mol. The Bertz CT molecular complexity index is 347. The van der Waals surface area contributed by atoms with E-state index in [0.29, 0.717) is 0 Å². The summed E-state index contributed by atoms with van der Waals surface area (Å²) in [6.07, 6.45) is 0.147. The topological polar surface area (TPSA) is 55.6 Å². The molecule has 0 saturated heterocycles. The first-order chi connectivity index (χ1) is 7.54. The third-order valence-corrected chi connectivity index (χ3v) is 2.14. The first kappa shape index (κ1) is 12.5. The third kappa shape index (κ3) is 3.24. The lowest BCUT2D eigenvalue weighted by atomic mass is 10.2. The molecule has 0 spiro atoms. The van der Waals surface area contributed by atoms with Crippen molar-refractivity contribution in [3.05, 3.63) is 24.3 Å². The largest absolute Gasteiger partial charge is 0.491 e. The molecule has 0 bridgehead atoms. The first-order valence-electron chi connectivity index (χ1n) is 5.28. The Morgan fingerprint density at radius 1 is 1.38 bits per heavy atom. The Kier molecular flexibility index (Phi) is 4.31. The van der Waals surface area contributed by atoms with Crippen molar-refractivity contribution >= 4 is 11.6 Å². The second-order valence-corrected chi connectivity index (χ2v) is 3.82. The SMILES string of the molecule is CC(C)Oc1ccc(N(C)C(=O)CN)cc1. The van der Waals surface area contributed by atoms with Gasteiger partial charge >= 0.3 is 0 Å². The van der Waals surface area contributed by atoms with Crippen LogP contribution in [0.3, 0.4) is 0 Å². The van der Waals surface area contributed by atoms with Gasteiger partial charge in [0.05, 0.1) is 12.6 Å². The maximum absolute atomic E-state index is 11.3. The number of hydrogen-bond donors (Lipinski definition) is 1. The van der Waals surface area contributed by atoms with Gasteiger partial charge in [-0.2, -0.15) is 0 Å². The highest BCUT2D eigenvalue weighted by Gasteiger charge is 2.08. The minimum Gasteiger partial charge on any atom is -0.491 e. The molecule has 0 heterocycles. The van der Waals surface area contributed by atoms with Gasteiger partial charge in [0, 0.05) is 12.7 Å². The molecule has 0 aromatic heterocycles. The van der Waals surface area contributed by atoms with Crippen LogP contribution in [-0.4, -0.2) is 25.6 Å². The average molecular weight is 222 g/mol. The summed E-state index contributed by atoms with van der Waals surface area (Å²) in [5, 5.41) is 0. The number of amides is 1. The lowest BCUT2D eigenvalue weighted by Gasteiger charge is -2.17. The Morgan fingerprint density at radius 2 is 1.94 bits per heavy atom. The summed E-state index contributed by atoms with van der Waals surface area (Å²) in [5.74, 6) is 0.685. The van der Waals surface area contributed by atoms with Gasteiger partial charge in [0.1, 0.15) is 5.75 Å². The predicted octanol–water partition coefficient (Wildman–Crippen LogP) is 1.40. The maximum Gasteiger partial charge on any atom is 0.240 e. The van der Waals surface area contributed by atoms with Crippen molar-refractivity contribution in [3.63, 3.8) is 0 Å². The van der Waals surface area contributed by atoms with Gasteiger partial charge in [0.2, 0.25) is 5.91 Å². The summed E-state index contributed by atoms with van der Waals surface area (Å²) in [7, 11) is 1.70. The van der Waals surface area contributed by atoms with E-state index < -0.39 is 0 Å². The number of anilines is 1. The number of carbonyl (C=O) groups excluding carboxylic acids is 1. The van der Waals surface area contributed by atoms with E-state index in [1.54, 1.807) is 7.05 Å². The molecule has 0 aliphatic heterocycles. The van der Waals surface area contributed by atoms with Crippen LogP contribution in [0.2, 0.25) is 0 Å². The maximum atomic E-state index is 11.3. The number of nitrogens with zero attached hydrogens (tertiary/aromatic N) is 1. The van der Waals surface area contributed by atoms with E-state index in [9.17, 15) is 4.79 Å². The van der Waals surface area contributed by atoms with E-state index in [2.05, 4.69) is 0 Å². The van der Waals surface area contributed by atoms with Crippen molar-refractivity contribution in [1.29, 1.82) is 0 Å². The lowest BCUT2D eigenvalue weighted by Crippen LogP contribution is -2.32. The van der Waals surface area contributed by atoms with Crippen LogP contribution in [0.1, 0.15) is 13.8 Å². The van der Waals surface area contributed by atoms with Crippen LogP contribution in [0.25, 0.3) is 0 Å². The van der Waals surface area contributed by atoms with Gasteiger partial charge in [-0.25, -0.2) is 0 Å². The van der Waals surface area contributed by atoms with Crippen molar-refractivity contribution in [2.75, 3.05) is 18.5 Å². The van der Waals surface area contributed by atoms with Gasteiger partial charge in [-0.15, -0.1) is 0 Å². The molecule has 1 amide bonds. The van der Waals surface area contributed by atoms with Crippen LogP contribution < -0.4 is 15.4 Å². The van der Waals surface area contributed by atoms with E-state index in [4.69, 9.17) is 10.5 Å². The van der Waals surface area contributed by atoms with Crippen molar-refractivity contribution in [2.45, 2.75) is 20.0 Å². The van der Waals surface area contributed by atoms with Crippen LogP contribution in [0.15, 0.2) is 24.3 Å². The number of rotatable bonds is 4. The standard InChI is InChI=1S/C12H18N2O2/c1-9(2)16-11-6-4-10(5-7-11)14(3)12(15)8-13/h4-7,9H,8,13H2,1-3H3. The van der Waals surface area contributed by atoms with Gasteiger partial charge < -0.3 is 15.4 Å². The van der Waals surface area contributed by atoms with Crippen LogP contribution in [0, 0.1) is 0 Å². The molecule has 0 radical (unpaired) electrons. The van der Waals surface area contributed by atoms with E-state index in [0.717, 1.165) is 11.4 Å². The lowest BCUT2D eigenvalue weighted by molar-refractivity contribution is -0.117. The highest BCUT2D eigenvalue weighted by atomic mass is 16.5. The number of likely N-dealkylation sites (N-methyl/N-ethyl adjacent to an activating group) is 1. The zero-order chi connectivity index (χ0) is 12.1. The number of ether oxygens (including phenoxy) is 1. The normalized spacial score (nSPS) is 10.3. The molecule has 1 aromatic carbocycles. The molecule has 1 rings (SSSR count). The van der Waals surface area contributed by atoms with Gasteiger partial charge in [-0.1, -0.05) is 0 Å². The highest BCUT2D eigenvalue weighted by Crippen LogP contribution is 2.19. The summed E-state index contributed by atoms with van der Waals surface area (Å²) in [6.45, 7) is 3.96. The van der Waals surface area contributed by atoms with Crippen molar-refractivity contribution in [2.24, 2.45) is 5.73 Å². The van der Waals surface area contributed by atoms with Crippen LogP contribution in [0.5, 0.6) is 5.75 Å². The molecule has 1 aromatic rings. The average Bonchev–Trinajstić information content (AvgIpc) is 2.27. The molecule has 16 heavy (non-hydrogen) atoms. The van der Waals surface area contributed by atoms with E-state index in [1.165, 1.54) is 4.90 Å². The fourth-order valence-corrected chi connectivity index (χ4v) is 1.30. The molecule has 2 N–H and O–H groups in total. The monoisotopic (exact) mass is 222 g/mol. The van der Waals surface area contributed by atoms with Gasteiger partial charge in [0.15, 0.2) is 0 Å². The molecule has 0 unspecified atom stereocenters. The highest BCUT2D eigenvalue weighted by molar-refractivity contribution is 5.94. The summed E-state index contributed by atoms with van der Waals surface area (Å²) >= 11 is 0. The molecule has 0 aliphatic carbocycles. The first-order valence-corrected chi connectivity index (χ1v) is 5.28. The smallest absolute Gasteiger partial charge is 0.240 e. The molecule has 4 heteroatoms. The number of benzene rings is 1. The van der Waals surface area contributed by atoms with Gasteiger partial charge in [0.25, 0.3) is 0 Å². The van der Waals surface area contributed by atoms with E-state index >= 15 is 0 Å². The van der Waals surface area contributed by atoms with Crippen molar-refractivity contribution in [3.8, 4) is 5.75 Å². The second kappa shape index (κ2) is 5.51. The fourth-order valence-electron chi connectivity index (χ4n) is 1.30. The minimum atomic E-state index is -0.113. The minimum absolute atomic E-state index is 0.0146. The summed E-state index contributed by atoms with van der Waals surface area (Å²) in [6, 6.07) is 7.36. The van der Waals surface area contributed by atoms with Crippen LogP contribution >= 0.6 is 0 Å². The van der Waals surface area contributed by atoms with Crippen molar-refractivity contribution in [1.82, 2.24) is 0 Å². The summed E-state index contributed by atoms with van der Waals surface area (Å²) < 4.78 is 5.51. The molecule has 4 nitrogen and oxygen atoms in total. The van der Waals surface area contributed by atoms with E-state index in [-0.39, 0.29) is 18.6 Å². The molecular weight excluding hydrogens is 204 g/mol. The summed E-state index contributed by atoms with van der Waals surface area (Å²) in [5.41, 5.74) is 6.10. The van der Waals surface area contributed by atoms with E-state index in [1.807, 2.05) is 38.1 Å². The Hall–Kier alpha value is -1.55. The number of carbonyl (C=O) groups is 1. The second-order valence-electron chi connectivity index (χ2n) is 3.82. The molecule has 0 saturated carbocycles. The zero-order valence-electron chi connectivity index (χ0n) is 9.93. The number of hydrogen-bond acceptors (Lipinski definition) is 3.